The maximum absolute atomic E-state index is 12.6. The van der Waals surface area contributed by atoms with E-state index in [1.807, 2.05) is 12.1 Å². The number of ether oxygens (including phenoxy) is 2. The van der Waals surface area contributed by atoms with Gasteiger partial charge in [0.05, 0.1) is 31.3 Å². The monoisotopic (exact) mass is 430 g/mol. The van der Waals surface area contributed by atoms with E-state index in [0.29, 0.717) is 23.2 Å². The Labute approximate surface area is 177 Å². The predicted molar refractivity (Wildman–Crippen MR) is 111 cm³/mol. The molecule has 0 saturated carbocycles. The van der Waals surface area contributed by atoms with Crippen LogP contribution in [0.5, 0.6) is 11.5 Å². The minimum atomic E-state index is -0.637. The summed E-state index contributed by atoms with van der Waals surface area (Å²) in [5.41, 5.74) is 0.326. The van der Waals surface area contributed by atoms with Gasteiger partial charge in [0.2, 0.25) is 0 Å². The first-order valence-corrected chi connectivity index (χ1v) is 9.42. The third-order valence-corrected chi connectivity index (χ3v) is 4.49. The van der Waals surface area contributed by atoms with Gasteiger partial charge >= 0.3 is 0 Å². The Balaban J connectivity index is 1.77. The van der Waals surface area contributed by atoms with Crippen LogP contribution in [0.3, 0.4) is 0 Å². The second kappa shape index (κ2) is 9.32. The van der Waals surface area contributed by atoms with Gasteiger partial charge in [-0.2, -0.15) is 0 Å². The molecule has 0 aliphatic carbocycles. The van der Waals surface area contributed by atoms with Gasteiger partial charge in [0, 0.05) is 16.7 Å². The number of halogens is 1. The summed E-state index contributed by atoms with van der Waals surface area (Å²) in [7, 11) is 1.40. The van der Waals surface area contributed by atoms with Crippen LogP contribution in [-0.2, 0) is 6.54 Å². The van der Waals surface area contributed by atoms with Crippen LogP contribution in [0.15, 0.2) is 52.9 Å². The van der Waals surface area contributed by atoms with Crippen molar-refractivity contribution in [2.75, 3.05) is 13.7 Å². The molecule has 30 heavy (non-hydrogen) atoms. The van der Waals surface area contributed by atoms with Crippen molar-refractivity contribution in [1.29, 1.82) is 0 Å². The van der Waals surface area contributed by atoms with Crippen molar-refractivity contribution in [2.45, 2.75) is 13.5 Å². The van der Waals surface area contributed by atoms with E-state index in [9.17, 15) is 14.9 Å². The lowest BCUT2D eigenvalue weighted by Crippen LogP contribution is -2.23. The van der Waals surface area contributed by atoms with Gasteiger partial charge in [0.25, 0.3) is 11.6 Å². The third kappa shape index (κ3) is 4.72. The first kappa shape index (κ1) is 21.2. The minimum Gasteiger partial charge on any atom is -0.493 e. The molecule has 0 atom stereocenters. The number of benzene rings is 2. The third-order valence-electron chi connectivity index (χ3n) is 4.24. The van der Waals surface area contributed by atoms with Gasteiger partial charge in [-0.15, -0.1) is 0 Å². The maximum atomic E-state index is 12.6. The molecule has 9 heteroatoms. The lowest BCUT2D eigenvalue weighted by atomic mass is 10.1. The highest BCUT2D eigenvalue weighted by Gasteiger charge is 2.24. The Morgan fingerprint density at radius 2 is 1.90 bits per heavy atom. The van der Waals surface area contributed by atoms with Crippen molar-refractivity contribution in [3.63, 3.8) is 0 Å². The number of nitro benzene ring substituents is 1. The molecule has 0 unspecified atom stereocenters. The lowest BCUT2D eigenvalue weighted by Gasteiger charge is -2.11. The van der Waals surface area contributed by atoms with E-state index in [1.54, 1.807) is 31.2 Å². The highest BCUT2D eigenvalue weighted by molar-refractivity contribution is 6.30. The SMILES string of the molecule is CCOc1cc([N+](=O)[O-])c(C(=O)NCc2ccc(-c3ccc(Cl)cc3)o2)cc1OC. The fourth-order valence-electron chi connectivity index (χ4n) is 2.81. The van der Waals surface area contributed by atoms with E-state index < -0.39 is 10.8 Å². The van der Waals surface area contributed by atoms with E-state index in [0.717, 1.165) is 5.56 Å². The van der Waals surface area contributed by atoms with Crippen molar-refractivity contribution < 1.29 is 23.6 Å². The van der Waals surface area contributed by atoms with Crippen molar-refractivity contribution >= 4 is 23.2 Å². The van der Waals surface area contributed by atoms with Crippen molar-refractivity contribution in [2.24, 2.45) is 0 Å². The topological polar surface area (TPSA) is 104 Å². The molecule has 0 radical (unpaired) electrons. The second-order valence-electron chi connectivity index (χ2n) is 6.17. The van der Waals surface area contributed by atoms with Crippen molar-refractivity contribution in [1.82, 2.24) is 5.32 Å². The van der Waals surface area contributed by atoms with Gasteiger partial charge in [0.15, 0.2) is 11.5 Å². The van der Waals surface area contributed by atoms with Crippen LogP contribution in [0.2, 0.25) is 5.02 Å². The normalized spacial score (nSPS) is 10.5. The molecule has 1 aromatic heterocycles. The van der Waals surface area contributed by atoms with E-state index in [4.69, 9.17) is 25.5 Å². The summed E-state index contributed by atoms with van der Waals surface area (Å²) in [6.07, 6.45) is 0. The van der Waals surface area contributed by atoms with Gasteiger partial charge in [-0.1, -0.05) is 11.6 Å². The largest absolute Gasteiger partial charge is 0.493 e. The quantitative estimate of drug-likeness (QED) is 0.405. The van der Waals surface area contributed by atoms with Crippen LogP contribution in [0.25, 0.3) is 11.3 Å². The fraction of sp³-hybridized carbons (Fsp3) is 0.190. The fourth-order valence-corrected chi connectivity index (χ4v) is 2.94. The summed E-state index contributed by atoms with van der Waals surface area (Å²) >= 11 is 5.89. The number of rotatable bonds is 8. The number of carbonyl (C=O) groups excluding carboxylic acids is 1. The molecule has 2 aromatic carbocycles. The Morgan fingerprint density at radius 3 is 2.53 bits per heavy atom. The highest BCUT2D eigenvalue weighted by Crippen LogP contribution is 2.35. The zero-order valence-electron chi connectivity index (χ0n) is 16.3. The molecule has 1 amide bonds. The van der Waals surface area contributed by atoms with Gasteiger partial charge in [0.1, 0.15) is 17.1 Å². The molecule has 1 N–H and O–H groups in total. The number of nitro groups is 1. The standard InChI is InChI=1S/C21H19ClN2O6/c1-3-29-20-11-17(24(26)27)16(10-19(20)28-2)21(25)23-12-15-8-9-18(30-15)13-4-6-14(22)7-5-13/h4-11H,3,12H2,1-2H3,(H,23,25). The summed E-state index contributed by atoms with van der Waals surface area (Å²) in [6.45, 7) is 2.10. The molecular weight excluding hydrogens is 412 g/mol. The van der Waals surface area contributed by atoms with Gasteiger partial charge in [-0.25, -0.2) is 0 Å². The van der Waals surface area contributed by atoms with Crippen LogP contribution in [0.1, 0.15) is 23.0 Å². The number of furan rings is 1. The van der Waals surface area contributed by atoms with Crippen molar-refractivity contribution in [3.05, 3.63) is 75.0 Å². The number of nitrogens with zero attached hydrogens (tertiary/aromatic N) is 1. The number of amides is 1. The molecule has 3 aromatic rings. The van der Waals surface area contributed by atoms with Crippen LogP contribution in [0.4, 0.5) is 5.69 Å². The summed E-state index contributed by atoms with van der Waals surface area (Å²) in [6, 6.07) is 13.1. The van der Waals surface area contributed by atoms with Gasteiger partial charge < -0.3 is 19.2 Å². The summed E-state index contributed by atoms with van der Waals surface area (Å²) in [5.74, 6) is 0.906. The number of hydrogen-bond donors (Lipinski definition) is 1. The molecule has 0 bridgehead atoms. The van der Waals surface area contributed by atoms with E-state index in [1.165, 1.54) is 19.2 Å². The first-order valence-electron chi connectivity index (χ1n) is 9.05. The molecular formula is C21H19ClN2O6. The molecule has 0 fully saturated rings. The Kier molecular flexibility index (Phi) is 6.58. The molecule has 8 nitrogen and oxygen atoms in total. The number of nitrogens with one attached hydrogen (secondary N) is 1. The number of hydrogen-bond acceptors (Lipinski definition) is 6. The predicted octanol–water partition coefficient (Wildman–Crippen LogP) is 4.85. The molecule has 0 spiro atoms. The van der Waals surface area contributed by atoms with Crippen molar-refractivity contribution in [3.8, 4) is 22.8 Å². The highest BCUT2D eigenvalue weighted by atomic mass is 35.5. The average molecular weight is 431 g/mol. The minimum absolute atomic E-state index is 0.0547. The van der Waals surface area contributed by atoms with Gasteiger partial charge in [-0.3, -0.25) is 14.9 Å². The first-order chi connectivity index (χ1) is 14.4. The Hall–Kier alpha value is -3.52. The Morgan fingerprint density at radius 1 is 1.17 bits per heavy atom. The molecule has 0 aliphatic heterocycles. The van der Waals surface area contributed by atoms with E-state index >= 15 is 0 Å². The molecule has 3 rings (SSSR count). The van der Waals surface area contributed by atoms with E-state index in [2.05, 4.69) is 5.32 Å². The molecule has 156 valence electrons. The van der Waals surface area contributed by atoms with Crippen LogP contribution in [-0.4, -0.2) is 24.5 Å². The smallest absolute Gasteiger partial charge is 0.286 e. The molecule has 0 saturated heterocycles. The van der Waals surface area contributed by atoms with E-state index in [-0.39, 0.29) is 29.3 Å². The van der Waals surface area contributed by atoms with Gasteiger partial charge in [-0.05, 0) is 43.3 Å². The summed E-state index contributed by atoms with van der Waals surface area (Å²) in [4.78, 5) is 23.4. The molecule has 0 aliphatic rings. The van der Waals surface area contributed by atoms with Crippen LogP contribution in [0, 0.1) is 10.1 Å². The average Bonchev–Trinajstić information content (AvgIpc) is 3.21. The Bertz CT molecular complexity index is 1060. The second-order valence-corrected chi connectivity index (χ2v) is 6.60. The zero-order chi connectivity index (χ0) is 21.7. The number of carbonyl (C=O) groups is 1. The lowest BCUT2D eigenvalue weighted by molar-refractivity contribution is -0.385. The van der Waals surface area contributed by atoms with Crippen LogP contribution < -0.4 is 14.8 Å². The summed E-state index contributed by atoms with van der Waals surface area (Å²) in [5, 5.41) is 14.7. The number of methoxy groups -OCH3 is 1. The summed E-state index contributed by atoms with van der Waals surface area (Å²) < 4.78 is 16.3. The maximum Gasteiger partial charge on any atom is 0.286 e. The molecule has 1 heterocycles. The zero-order valence-corrected chi connectivity index (χ0v) is 17.1. The van der Waals surface area contributed by atoms with Crippen LogP contribution >= 0.6 is 11.6 Å².